The largest absolute Gasteiger partial charge is 0.504 e. The molecule has 0 spiro atoms. The standard InChI is InChI=1S/C16H17NO4/c1-21-15-5-3-10-11(7-17-8-12(10)16(15)20)9-2-4-13(18)14(19)6-9/h2-6,11,17-20H,7-8H2,1H3/p+1/t11-/m1/s1. The molecule has 5 heteroatoms. The van der Waals surface area contributed by atoms with Crippen molar-refractivity contribution in [2.45, 2.75) is 12.5 Å². The molecule has 0 saturated carbocycles. The Morgan fingerprint density at radius 2 is 1.90 bits per heavy atom. The first-order chi connectivity index (χ1) is 10.1. The van der Waals surface area contributed by atoms with Crippen molar-refractivity contribution in [3.63, 3.8) is 0 Å². The molecule has 0 bridgehead atoms. The number of ether oxygens (including phenoxy) is 1. The zero-order valence-corrected chi connectivity index (χ0v) is 11.7. The fourth-order valence-electron chi connectivity index (χ4n) is 2.93. The number of benzene rings is 2. The van der Waals surface area contributed by atoms with Crippen LogP contribution >= 0.6 is 0 Å². The van der Waals surface area contributed by atoms with Gasteiger partial charge in [0.05, 0.1) is 25.1 Å². The predicted octanol–water partition coefficient (Wildman–Crippen LogP) is 1.02. The Labute approximate surface area is 122 Å². The van der Waals surface area contributed by atoms with Crippen LogP contribution < -0.4 is 10.1 Å². The van der Waals surface area contributed by atoms with E-state index in [9.17, 15) is 15.3 Å². The van der Waals surface area contributed by atoms with E-state index >= 15 is 0 Å². The summed E-state index contributed by atoms with van der Waals surface area (Å²) in [6, 6.07) is 8.57. The summed E-state index contributed by atoms with van der Waals surface area (Å²) in [7, 11) is 1.53. The van der Waals surface area contributed by atoms with E-state index in [1.807, 2.05) is 6.07 Å². The van der Waals surface area contributed by atoms with Gasteiger partial charge in [0.15, 0.2) is 23.0 Å². The zero-order chi connectivity index (χ0) is 15.0. The Balaban J connectivity index is 2.08. The summed E-state index contributed by atoms with van der Waals surface area (Å²) in [4.78, 5) is 0. The predicted molar refractivity (Wildman–Crippen MR) is 76.8 cm³/mol. The highest BCUT2D eigenvalue weighted by Crippen LogP contribution is 2.39. The van der Waals surface area contributed by atoms with Crippen LogP contribution in [0, 0.1) is 0 Å². The van der Waals surface area contributed by atoms with Crippen LogP contribution in [0.2, 0.25) is 0 Å². The van der Waals surface area contributed by atoms with Gasteiger partial charge in [-0.3, -0.25) is 0 Å². The Morgan fingerprint density at radius 1 is 1.10 bits per heavy atom. The van der Waals surface area contributed by atoms with E-state index < -0.39 is 0 Å². The van der Waals surface area contributed by atoms with Gasteiger partial charge in [0.1, 0.15) is 6.54 Å². The Morgan fingerprint density at radius 3 is 2.62 bits per heavy atom. The van der Waals surface area contributed by atoms with E-state index in [-0.39, 0.29) is 23.2 Å². The normalized spacial score (nSPS) is 17.3. The number of methoxy groups -OCH3 is 1. The maximum absolute atomic E-state index is 10.3. The summed E-state index contributed by atoms with van der Waals surface area (Å²) >= 11 is 0. The number of rotatable bonds is 2. The van der Waals surface area contributed by atoms with Gasteiger partial charge in [0, 0.05) is 0 Å². The average molecular weight is 288 g/mol. The molecule has 1 heterocycles. The summed E-state index contributed by atoms with van der Waals surface area (Å²) in [6.45, 7) is 1.52. The molecule has 0 aromatic heterocycles. The summed E-state index contributed by atoms with van der Waals surface area (Å²) < 4.78 is 5.15. The number of hydrogen-bond donors (Lipinski definition) is 4. The van der Waals surface area contributed by atoms with Crippen molar-refractivity contribution in [3.8, 4) is 23.0 Å². The lowest BCUT2D eigenvalue weighted by Gasteiger charge is -2.25. The van der Waals surface area contributed by atoms with E-state index in [1.54, 1.807) is 18.2 Å². The van der Waals surface area contributed by atoms with Gasteiger partial charge in [0.25, 0.3) is 0 Å². The van der Waals surface area contributed by atoms with Gasteiger partial charge < -0.3 is 25.4 Å². The molecule has 5 nitrogen and oxygen atoms in total. The van der Waals surface area contributed by atoms with E-state index in [4.69, 9.17) is 4.74 Å². The van der Waals surface area contributed by atoms with E-state index in [2.05, 4.69) is 5.32 Å². The first-order valence-corrected chi connectivity index (χ1v) is 6.84. The maximum Gasteiger partial charge on any atom is 0.166 e. The maximum atomic E-state index is 10.3. The van der Waals surface area contributed by atoms with Gasteiger partial charge >= 0.3 is 0 Å². The zero-order valence-electron chi connectivity index (χ0n) is 11.7. The lowest BCUT2D eigenvalue weighted by atomic mass is 9.85. The minimum atomic E-state index is -0.128. The second kappa shape index (κ2) is 5.18. The molecule has 21 heavy (non-hydrogen) atoms. The Hall–Kier alpha value is -2.40. The molecular formula is C16H18NO4+. The average Bonchev–Trinajstić information content (AvgIpc) is 2.50. The van der Waals surface area contributed by atoms with Crippen LogP contribution in [0.3, 0.4) is 0 Å². The SMILES string of the molecule is COc1ccc2c(c1O)C[NH2+]C[C@@H]2c1ccc(O)c(O)c1. The molecule has 0 aliphatic carbocycles. The quantitative estimate of drug-likeness (QED) is 0.622. The molecule has 2 aromatic rings. The molecule has 0 unspecified atom stereocenters. The highest BCUT2D eigenvalue weighted by molar-refractivity contribution is 5.54. The van der Waals surface area contributed by atoms with Crippen molar-refractivity contribution in [2.24, 2.45) is 0 Å². The number of nitrogens with two attached hydrogens (primary N) is 1. The number of hydrogen-bond acceptors (Lipinski definition) is 4. The van der Waals surface area contributed by atoms with Gasteiger partial charge in [-0.2, -0.15) is 0 Å². The molecule has 1 aliphatic heterocycles. The highest BCUT2D eigenvalue weighted by atomic mass is 16.5. The minimum Gasteiger partial charge on any atom is -0.504 e. The molecule has 0 fully saturated rings. The molecule has 3 rings (SSSR count). The summed E-state index contributed by atoms with van der Waals surface area (Å²) in [5.41, 5.74) is 2.80. The third-order valence-corrected chi connectivity index (χ3v) is 4.03. The molecule has 110 valence electrons. The summed E-state index contributed by atoms with van der Waals surface area (Å²) in [6.07, 6.45) is 0. The number of fused-ring (bicyclic) bond motifs is 1. The number of aromatic hydroxyl groups is 3. The van der Waals surface area contributed by atoms with E-state index in [0.29, 0.717) is 12.3 Å². The molecule has 2 aromatic carbocycles. The van der Waals surface area contributed by atoms with Crippen molar-refractivity contribution < 1.29 is 25.4 Å². The van der Waals surface area contributed by atoms with Crippen LogP contribution in [0.15, 0.2) is 30.3 Å². The van der Waals surface area contributed by atoms with Crippen LogP contribution in [0.1, 0.15) is 22.6 Å². The van der Waals surface area contributed by atoms with Crippen LogP contribution in [0.25, 0.3) is 0 Å². The summed E-state index contributed by atoms with van der Waals surface area (Å²) in [5, 5.41) is 31.5. The lowest BCUT2D eigenvalue weighted by molar-refractivity contribution is -0.675. The van der Waals surface area contributed by atoms with Crippen LogP contribution in [0.4, 0.5) is 0 Å². The summed E-state index contributed by atoms with van der Waals surface area (Å²) in [5.74, 6) is 0.445. The highest BCUT2D eigenvalue weighted by Gasteiger charge is 2.28. The lowest BCUT2D eigenvalue weighted by Crippen LogP contribution is -2.85. The Kier molecular flexibility index (Phi) is 3.35. The first kappa shape index (κ1) is 13.6. The third kappa shape index (κ3) is 2.25. The van der Waals surface area contributed by atoms with Crippen molar-refractivity contribution in [2.75, 3.05) is 13.7 Å². The van der Waals surface area contributed by atoms with Crippen LogP contribution in [-0.2, 0) is 6.54 Å². The molecule has 1 atom stereocenters. The van der Waals surface area contributed by atoms with E-state index in [0.717, 1.165) is 23.2 Å². The number of phenols is 3. The van der Waals surface area contributed by atoms with Gasteiger partial charge in [-0.1, -0.05) is 12.1 Å². The van der Waals surface area contributed by atoms with Crippen molar-refractivity contribution >= 4 is 0 Å². The van der Waals surface area contributed by atoms with Crippen molar-refractivity contribution in [1.29, 1.82) is 0 Å². The fourth-order valence-corrected chi connectivity index (χ4v) is 2.93. The molecule has 0 radical (unpaired) electrons. The second-order valence-electron chi connectivity index (χ2n) is 5.21. The van der Waals surface area contributed by atoms with Crippen molar-refractivity contribution in [1.82, 2.24) is 0 Å². The Bertz CT molecular complexity index is 684. The first-order valence-electron chi connectivity index (χ1n) is 6.84. The van der Waals surface area contributed by atoms with Gasteiger partial charge in [-0.05, 0) is 29.3 Å². The molecule has 0 amide bonds. The van der Waals surface area contributed by atoms with E-state index in [1.165, 1.54) is 13.2 Å². The van der Waals surface area contributed by atoms with Crippen molar-refractivity contribution in [3.05, 3.63) is 47.0 Å². The van der Waals surface area contributed by atoms with Gasteiger partial charge in [-0.15, -0.1) is 0 Å². The van der Waals surface area contributed by atoms with Gasteiger partial charge in [-0.25, -0.2) is 0 Å². The topological polar surface area (TPSA) is 86.5 Å². The second-order valence-corrected chi connectivity index (χ2v) is 5.21. The third-order valence-electron chi connectivity index (χ3n) is 4.03. The van der Waals surface area contributed by atoms with Crippen LogP contribution in [-0.4, -0.2) is 29.0 Å². The molecule has 5 N–H and O–H groups in total. The molecule has 0 saturated heterocycles. The van der Waals surface area contributed by atoms with Gasteiger partial charge in [0.2, 0.25) is 0 Å². The van der Waals surface area contributed by atoms with Crippen LogP contribution in [0.5, 0.6) is 23.0 Å². The fraction of sp³-hybridized carbons (Fsp3) is 0.250. The molecular weight excluding hydrogens is 270 g/mol. The smallest absolute Gasteiger partial charge is 0.166 e. The monoisotopic (exact) mass is 288 g/mol. The minimum absolute atomic E-state index is 0.0528. The number of quaternary nitrogens is 1. The molecule has 1 aliphatic rings. The number of phenolic OH excluding ortho intramolecular Hbond substituents is 3.